The molecule has 3 rings (SSSR count). The number of carbonyl (C=O) groups is 2. The fourth-order valence-corrected chi connectivity index (χ4v) is 3.33. The molecule has 1 aliphatic rings. The zero-order valence-corrected chi connectivity index (χ0v) is 17.5. The average Bonchev–Trinajstić information content (AvgIpc) is 3.17. The third kappa shape index (κ3) is 4.93. The lowest BCUT2D eigenvalue weighted by Gasteiger charge is -2.28. The van der Waals surface area contributed by atoms with Crippen LogP contribution in [0.2, 0.25) is 0 Å². The highest BCUT2D eigenvalue weighted by atomic mass is 16.8. The predicted molar refractivity (Wildman–Crippen MR) is 115 cm³/mol. The van der Waals surface area contributed by atoms with Crippen molar-refractivity contribution in [1.82, 2.24) is 0 Å². The van der Waals surface area contributed by atoms with E-state index in [1.807, 2.05) is 61.5 Å². The minimum Gasteiger partial charge on any atom is -0.459 e. The van der Waals surface area contributed by atoms with Crippen LogP contribution in [0.15, 0.2) is 79.9 Å². The first-order valence-electron chi connectivity index (χ1n) is 10.0. The highest BCUT2D eigenvalue weighted by Crippen LogP contribution is 2.42. The van der Waals surface area contributed by atoms with E-state index >= 15 is 0 Å². The number of hydrogen-bond acceptors (Lipinski definition) is 6. The van der Waals surface area contributed by atoms with E-state index in [1.54, 1.807) is 0 Å². The summed E-state index contributed by atoms with van der Waals surface area (Å²) in [5, 5.41) is 0. The normalized spacial score (nSPS) is 19.4. The predicted octanol–water partition coefficient (Wildman–Crippen LogP) is 3.85. The van der Waals surface area contributed by atoms with Crippen molar-refractivity contribution in [3.05, 3.63) is 96.6 Å². The maximum Gasteiger partial charge on any atom is 0.353 e. The number of benzene rings is 2. The molecule has 0 saturated carbocycles. The van der Waals surface area contributed by atoms with Gasteiger partial charge in [0, 0.05) is 12.0 Å². The Morgan fingerprint density at radius 3 is 2.10 bits per heavy atom. The fraction of sp³-hybridized carbons (Fsp3) is 0.280. The van der Waals surface area contributed by atoms with Crippen molar-refractivity contribution in [2.24, 2.45) is 0 Å². The second-order valence-electron chi connectivity index (χ2n) is 7.18. The molecule has 1 saturated heterocycles. The average molecular weight is 422 g/mol. The van der Waals surface area contributed by atoms with Crippen LogP contribution < -0.4 is 0 Å². The Morgan fingerprint density at radius 1 is 0.968 bits per heavy atom. The molecule has 0 aliphatic carbocycles. The molecule has 6 nitrogen and oxygen atoms in total. The lowest BCUT2D eigenvalue weighted by atomic mass is 9.91. The number of rotatable bonds is 9. The molecule has 2 aromatic carbocycles. The Bertz CT molecular complexity index is 895. The molecular weight excluding hydrogens is 396 g/mol. The Kier molecular flexibility index (Phi) is 7.39. The maximum absolute atomic E-state index is 13.2. The standard InChI is InChI=1S/C25H26O6/c1-4-15-28-23(26)25(24(27)29-16-5-2)21(17-19-9-7-6-8-10-19)30-22(31-25)20-13-11-18(3)12-14-20/h4-14,21-22H,1-2,15-17H2,3H3/t21-,22-/m0/s1. The summed E-state index contributed by atoms with van der Waals surface area (Å²) in [7, 11) is 0. The molecule has 1 fully saturated rings. The lowest BCUT2D eigenvalue weighted by Crippen LogP contribution is -2.56. The van der Waals surface area contributed by atoms with E-state index in [-0.39, 0.29) is 19.6 Å². The van der Waals surface area contributed by atoms with Crippen LogP contribution >= 0.6 is 0 Å². The Hall–Kier alpha value is -3.22. The first kappa shape index (κ1) is 22.5. The van der Waals surface area contributed by atoms with Gasteiger partial charge in [0.15, 0.2) is 6.29 Å². The van der Waals surface area contributed by atoms with Crippen LogP contribution in [0.3, 0.4) is 0 Å². The molecule has 0 unspecified atom stereocenters. The van der Waals surface area contributed by atoms with Gasteiger partial charge in [-0.3, -0.25) is 0 Å². The Morgan fingerprint density at radius 2 is 1.55 bits per heavy atom. The van der Waals surface area contributed by atoms with E-state index < -0.39 is 29.9 Å². The highest BCUT2D eigenvalue weighted by molar-refractivity contribution is 6.05. The molecule has 2 aromatic rings. The summed E-state index contributed by atoms with van der Waals surface area (Å²) < 4.78 is 22.7. The van der Waals surface area contributed by atoms with Gasteiger partial charge in [-0.05, 0) is 12.5 Å². The molecule has 31 heavy (non-hydrogen) atoms. The molecule has 6 heteroatoms. The topological polar surface area (TPSA) is 71.1 Å². The Balaban J connectivity index is 2.02. The number of carbonyl (C=O) groups excluding carboxylic acids is 2. The maximum atomic E-state index is 13.2. The van der Waals surface area contributed by atoms with Gasteiger partial charge in [0.2, 0.25) is 0 Å². The van der Waals surface area contributed by atoms with Crippen molar-refractivity contribution < 1.29 is 28.5 Å². The van der Waals surface area contributed by atoms with E-state index in [0.29, 0.717) is 5.56 Å². The molecular formula is C25H26O6. The van der Waals surface area contributed by atoms with E-state index in [0.717, 1.165) is 11.1 Å². The molecule has 0 N–H and O–H groups in total. The molecule has 1 aliphatic heterocycles. The summed E-state index contributed by atoms with van der Waals surface area (Å²) in [5.41, 5.74) is 0.526. The van der Waals surface area contributed by atoms with Crippen LogP contribution in [0.25, 0.3) is 0 Å². The van der Waals surface area contributed by atoms with Gasteiger partial charge in [-0.15, -0.1) is 0 Å². The smallest absolute Gasteiger partial charge is 0.353 e. The van der Waals surface area contributed by atoms with E-state index in [4.69, 9.17) is 18.9 Å². The van der Waals surface area contributed by atoms with Crippen LogP contribution in [-0.2, 0) is 35.0 Å². The summed E-state index contributed by atoms with van der Waals surface area (Å²) in [6.45, 7) is 8.92. The van der Waals surface area contributed by atoms with Gasteiger partial charge in [0.1, 0.15) is 19.3 Å². The van der Waals surface area contributed by atoms with Crippen molar-refractivity contribution in [2.45, 2.75) is 31.3 Å². The monoisotopic (exact) mass is 422 g/mol. The van der Waals surface area contributed by atoms with Gasteiger partial charge in [-0.1, -0.05) is 85.5 Å². The van der Waals surface area contributed by atoms with Gasteiger partial charge in [-0.25, -0.2) is 9.59 Å². The SMILES string of the molecule is C=CCOC(=O)C1(C(=O)OCC=C)O[C@@H](c2ccc(C)cc2)O[C@H]1Cc1ccccc1. The van der Waals surface area contributed by atoms with Crippen molar-refractivity contribution in [1.29, 1.82) is 0 Å². The first-order valence-corrected chi connectivity index (χ1v) is 10.0. The van der Waals surface area contributed by atoms with E-state index in [9.17, 15) is 9.59 Å². The third-order valence-corrected chi connectivity index (χ3v) is 4.92. The van der Waals surface area contributed by atoms with E-state index in [1.165, 1.54) is 12.2 Å². The van der Waals surface area contributed by atoms with Crippen molar-refractivity contribution >= 4 is 11.9 Å². The van der Waals surface area contributed by atoms with Crippen LogP contribution in [0.5, 0.6) is 0 Å². The summed E-state index contributed by atoms with van der Waals surface area (Å²) in [6.07, 6.45) is 1.17. The van der Waals surface area contributed by atoms with Gasteiger partial charge in [-0.2, -0.15) is 0 Å². The largest absolute Gasteiger partial charge is 0.459 e. The van der Waals surface area contributed by atoms with Gasteiger partial charge in [0.25, 0.3) is 5.60 Å². The highest BCUT2D eigenvalue weighted by Gasteiger charge is 2.63. The van der Waals surface area contributed by atoms with Crippen LogP contribution in [0, 0.1) is 6.92 Å². The third-order valence-electron chi connectivity index (χ3n) is 4.92. The van der Waals surface area contributed by atoms with Crippen LogP contribution in [0.4, 0.5) is 0 Å². The molecule has 0 bridgehead atoms. The zero-order valence-electron chi connectivity index (χ0n) is 17.5. The molecule has 0 radical (unpaired) electrons. The zero-order chi connectivity index (χ0) is 22.3. The fourth-order valence-electron chi connectivity index (χ4n) is 3.33. The van der Waals surface area contributed by atoms with E-state index in [2.05, 4.69) is 13.2 Å². The molecule has 1 heterocycles. The van der Waals surface area contributed by atoms with Crippen molar-refractivity contribution in [3.63, 3.8) is 0 Å². The Labute approximate surface area is 182 Å². The number of ether oxygens (including phenoxy) is 4. The second kappa shape index (κ2) is 10.2. The van der Waals surface area contributed by atoms with Crippen LogP contribution in [-0.4, -0.2) is 36.9 Å². The number of esters is 2. The number of aryl methyl sites for hydroxylation is 1. The second-order valence-corrected chi connectivity index (χ2v) is 7.18. The van der Waals surface area contributed by atoms with Crippen molar-refractivity contribution in [2.75, 3.05) is 13.2 Å². The molecule has 0 aromatic heterocycles. The van der Waals surface area contributed by atoms with Gasteiger partial charge < -0.3 is 18.9 Å². The molecule has 0 spiro atoms. The van der Waals surface area contributed by atoms with Gasteiger partial charge >= 0.3 is 11.9 Å². The quantitative estimate of drug-likeness (QED) is 0.347. The minimum absolute atomic E-state index is 0.0774. The number of hydrogen-bond donors (Lipinski definition) is 0. The summed E-state index contributed by atoms with van der Waals surface area (Å²) in [4.78, 5) is 26.3. The molecule has 162 valence electrons. The lowest BCUT2D eigenvalue weighted by molar-refractivity contribution is -0.190. The minimum atomic E-state index is -2.09. The van der Waals surface area contributed by atoms with Gasteiger partial charge in [0.05, 0.1) is 0 Å². The van der Waals surface area contributed by atoms with Crippen LogP contribution in [0.1, 0.15) is 23.0 Å². The summed E-state index contributed by atoms with van der Waals surface area (Å²) in [6, 6.07) is 16.9. The summed E-state index contributed by atoms with van der Waals surface area (Å²) >= 11 is 0. The van der Waals surface area contributed by atoms with Crippen molar-refractivity contribution in [3.8, 4) is 0 Å². The first-order chi connectivity index (χ1) is 15.0. The summed E-state index contributed by atoms with van der Waals surface area (Å²) in [5.74, 6) is -1.76. The molecule has 2 atom stereocenters. The molecule has 0 amide bonds.